The summed E-state index contributed by atoms with van der Waals surface area (Å²) in [6.07, 6.45) is 0.986. The van der Waals surface area contributed by atoms with E-state index < -0.39 is 0 Å². The average Bonchev–Trinajstić information content (AvgIpc) is 2.16. The van der Waals surface area contributed by atoms with Crippen LogP contribution in [-0.4, -0.2) is 13.2 Å². The van der Waals surface area contributed by atoms with Gasteiger partial charge >= 0.3 is 0 Å². The Labute approximate surface area is 92.4 Å². The van der Waals surface area contributed by atoms with Crippen LogP contribution in [0.25, 0.3) is 0 Å². The molecular weight excluding hydrogens is 186 g/mol. The molecule has 0 fully saturated rings. The molecule has 0 amide bonds. The topological polar surface area (TPSA) is 35.2 Å². The summed E-state index contributed by atoms with van der Waals surface area (Å²) in [6, 6.07) is 6.56. The van der Waals surface area contributed by atoms with E-state index in [2.05, 4.69) is 32.0 Å². The van der Waals surface area contributed by atoms with Gasteiger partial charge in [0, 0.05) is 6.04 Å². The monoisotopic (exact) mass is 207 g/mol. The molecular formula is C13H21NO. The number of rotatable bonds is 4. The molecule has 0 radical (unpaired) electrons. The third kappa shape index (κ3) is 3.24. The van der Waals surface area contributed by atoms with Gasteiger partial charge in [0.15, 0.2) is 0 Å². The first kappa shape index (κ1) is 12.1. The minimum atomic E-state index is 0.228. The molecule has 2 nitrogen and oxygen atoms in total. The van der Waals surface area contributed by atoms with Crippen LogP contribution in [0, 0.1) is 6.92 Å². The quantitative estimate of drug-likeness (QED) is 0.824. The van der Waals surface area contributed by atoms with Crippen LogP contribution in [0.4, 0.5) is 0 Å². The SMILES string of the molecule is COc1cc(C)ccc1C(C)CC(C)N. The van der Waals surface area contributed by atoms with E-state index >= 15 is 0 Å². The highest BCUT2D eigenvalue weighted by Crippen LogP contribution is 2.29. The lowest BCUT2D eigenvalue weighted by Gasteiger charge is -2.17. The third-order valence-corrected chi connectivity index (χ3v) is 2.65. The van der Waals surface area contributed by atoms with E-state index in [1.807, 2.05) is 6.92 Å². The number of benzene rings is 1. The van der Waals surface area contributed by atoms with Crippen LogP contribution >= 0.6 is 0 Å². The summed E-state index contributed by atoms with van der Waals surface area (Å²) in [5.41, 5.74) is 8.29. The Morgan fingerprint density at radius 3 is 2.53 bits per heavy atom. The van der Waals surface area contributed by atoms with Crippen molar-refractivity contribution in [1.82, 2.24) is 0 Å². The highest BCUT2D eigenvalue weighted by molar-refractivity contribution is 5.39. The van der Waals surface area contributed by atoms with Crippen LogP contribution in [0.3, 0.4) is 0 Å². The summed E-state index contributed by atoms with van der Waals surface area (Å²) >= 11 is 0. The van der Waals surface area contributed by atoms with Crippen molar-refractivity contribution >= 4 is 0 Å². The van der Waals surface area contributed by atoms with Gasteiger partial charge < -0.3 is 10.5 Å². The minimum absolute atomic E-state index is 0.228. The molecule has 0 aromatic heterocycles. The van der Waals surface area contributed by atoms with E-state index in [1.165, 1.54) is 11.1 Å². The molecule has 0 aliphatic rings. The van der Waals surface area contributed by atoms with Crippen LogP contribution in [0.15, 0.2) is 18.2 Å². The van der Waals surface area contributed by atoms with Crippen LogP contribution in [0.5, 0.6) is 5.75 Å². The van der Waals surface area contributed by atoms with Crippen LogP contribution in [0.2, 0.25) is 0 Å². The second-order valence-corrected chi connectivity index (χ2v) is 4.36. The molecule has 1 aromatic rings. The Kier molecular flexibility index (Phi) is 4.15. The smallest absolute Gasteiger partial charge is 0.122 e. The zero-order valence-electron chi connectivity index (χ0n) is 10.1. The van der Waals surface area contributed by atoms with Crippen molar-refractivity contribution in [2.24, 2.45) is 5.73 Å². The Morgan fingerprint density at radius 1 is 1.33 bits per heavy atom. The van der Waals surface area contributed by atoms with Gasteiger partial charge in [0.1, 0.15) is 5.75 Å². The normalized spacial score (nSPS) is 14.7. The Bertz CT molecular complexity index is 320. The van der Waals surface area contributed by atoms with Crippen molar-refractivity contribution in [1.29, 1.82) is 0 Å². The second kappa shape index (κ2) is 5.17. The average molecular weight is 207 g/mol. The molecule has 2 atom stereocenters. The van der Waals surface area contributed by atoms with Crippen molar-refractivity contribution in [2.45, 2.75) is 39.2 Å². The number of hydrogen-bond acceptors (Lipinski definition) is 2. The second-order valence-electron chi connectivity index (χ2n) is 4.36. The fraction of sp³-hybridized carbons (Fsp3) is 0.538. The highest BCUT2D eigenvalue weighted by Gasteiger charge is 2.12. The van der Waals surface area contributed by atoms with Gasteiger partial charge in [0.25, 0.3) is 0 Å². The summed E-state index contributed by atoms with van der Waals surface area (Å²) in [6.45, 7) is 6.30. The van der Waals surface area contributed by atoms with Gasteiger partial charge in [0.05, 0.1) is 7.11 Å². The molecule has 0 saturated carbocycles. The molecule has 2 unspecified atom stereocenters. The molecule has 0 spiro atoms. The van der Waals surface area contributed by atoms with E-state index in [4.69, 9.17) is 10.5 Å². The maximum Gasteiger partial charge on any atom is 0.122 e. The van der Waals surface area contributed by atoms with Crippen molar-refractivity contribution in [2.75, 3.05) is 7.11 Å². The maximum atomic E-state index is 5.81. The first-order valence-electron chi connectivity index (χ1n) is 5.44. The van der Waals surface area contributed by atoms with E-state index in [0.717, 1.165) is 12.2 Å². The fourth-order valence-corrected chi connectivity index (χ4v) is 1.91. The van der Waals surface area contributed by atoms with Gasteiger partial charge in [-0.05, 0) is 43.4 Å². The number of ether oxygens (including phenoxy) is 1. The van der Waals surface area contributed by atoms with Gasteiger partial charge in [-0.25, -0.2) is 0 Å². The van der Waals surface area contributed by atoms with Gasteiger partial charge in [-0.3, -0.25) is 0 Å². The third-order valence-electron chi connectivity index (χ3n) is 2.65. The summed E-state index contributed by atoms with van der Waals surface area (Å²) in [5.74, 6) is 1.42. The highest BCUT2D eigenvalue weighted by atomic mass is 16.5. The van der Waals surface area contributed by atoms with Crippen LogP contribution in [0.1, 0.15) is 37.3 Å². The standard InChI is InChI=1S/C13H21NO/c1-9-5-6-12(13(7-9)15-4)10(2)8-11(3)14/h5-7,10-11H,8,14H2,1-4H3. The van der Waals surface area contributed by atoms with Crippen molar-refractivity contribution in [3.05, 3.63) is 29.3 Å². The minimum Gasteiger partial charge on any atom is -0.496 e. The lowest BCUT2D eigenvalue weighted by atomic mass is 9.93. The predicted octanol–water partition coefficient (Wildman–Crippen LogP) is 2.84. The molecule has 2 heteroatoms. The fourth-order valence-electron chi connectivity index (χ4n) is 1.91. The zero-order chi connectivity index (χ0) is 11.4. The maximum absolute atomic E-state index is 5.81. The van der Waals surface area contributed by atoms with Gasteiger partial charge in [-0.15, -0.1) is 0 Å². The largest absolute Gasteiger partial charge is 0.496 e. The van der Waals surface area contributed by atoms with Crippen molar-refractivity contribution in [3.8, 4) is 5.75 Å². The van der Waals surface area contributed by atoms with E-state index in [1.54, 1.807) is 7.11 Å². The molecule has 0 aliphatic carbocycles. The summed E-state index contributed by atoms with van der Waals surface area (Å²) < 4.78 is 5.39. The number of methoxy groups -OCH3 is 1. The van der Waals surface area contributed by atoms with Gasteiger partial charge in [0.2, 0.25) is 0 Å². The van der Waals surface area contributed by atoms with Crippen LogP contribution in [-0.2, 0) is 0 Å². The Balaban J connectivity index is 2.92. The molecule has 0 saturated heterocycles. The molecule has 2 N–H and O–H groups in total. The molecule has 84 valence electrons. The summed E-state index contributed by atoms with van der Waals surface area (Å²) in [4.78, 5) is 0. The molecule has 15 heavy (non-hydrogen) atoms. The Hall–Kier alpha value is -1.02. The lowest BCUT2D eigenvalue weighted by molar-refractivity contribution is 0.403. The molecule has 1 rings (SSSR count). The Morgan fingerprint density at radius 2 is 2.00 bits per heavy atom. The van der Waals surface area contributed by atoms with E-state index in [9.17, 15) is 0 Å². The van der Waals surface area contributed by atoms with Crippen molar-refractivity contribution in [3.63, 3.8) is 0 Å². The number of aryl methyl sites for hydroxylation is 1. The molecule has 0 aliphatic heterocycles. The molecule has 0 bridgehead atoms. The first-order valence-corrected chi connectivity index (χ1v) is 5.44. The lowest BCUT2D eigenvalue weighted by Crippen LogP contribution is -2.17. The van der Waals surface area contributed by atoms with E-state index in [-0.39, 0.29) is 6.04 Å². The van der Waals surface area contributed by atoms with Gasteiger partial charge in [-0.2, -0.15) is 0 Å². The molecule has 1 aromatic carbocycles. The van der Waals surface area contributed by atoms with E-state index in [0.29, 0.717) is 5.92 Å². The van der Waals surface area contributed by atoms with Crippen LogP contribution < -0.4 is 10.5 Å². The predicted molar refractivity (Wildman–Crippen MR) is 64.4 cm³/mol. The zero-order valence-corrected chi connectivity index (χ0v) is 10.1. The molecule has 0 heterocycles. The number of hydrogen-bond donors (Lipinski definition) is 1. The first-order chi connectivity index (χ1) is 7.04. The summed E-state index contributed by atoms with van der Waals surface area (Å²) in [5, 5.41) is 0. The number of nitrogens with two attached hydrogens (primary N) is 1. The van der Waals surface area contributed by atoms with Gasteiger partial charge in [-0.1, -0.05) is 19.1 Å². The summed E-state index contributed by atoms with van der Waals surface area (Å²) in [7, 11) is 1.72. The van der Waals surface area contributed by atoms with Crippen molar-refractivity contribution < 1.29 is 4.74 Å².